The number of hydrogen-bond acceptors (Lipinski definition) is 5. The van der Waals surface area contributed by atoms with Crippen molar-refractivity contribution < 1.29 is 4.43 Å². The third-order valence-corrected chi connectivity index (χ3v) is 16.1. The van der Waals surface area contributed by atoms with Gasteiger partial charge in [-0.05, 0) is 73.8 Å². The highest BCUT2D eigenvalue weighted by Gasteiger charge is 2.42. The van der Waals surface area contributed by atoms with Crippen LogP contribution in [0.2, 0.25) is 18.1 Å². The molecule has 0 aromatic carbocycles. The minimum atomic E-state index is -1.71. The second-order valence-corrected chi connectivity index (χ2v) is 19.8. The third kappa shape index (κ3) is 6.63. The molecule has 0 bridgehead atoms. The highest BCUT2D eigenvalue weighted by Crippen LogP contribution is 2.48. The van der Waals surface area contributed by atoms with Gasteiger partial charge in [-0.15, -0.1) is 47.0 Å². The molecule has 2 aliphatic rings. The summed E-state index contributed by atoms with van der Waals surface area (Å²) in [5.41, 5.74) is 0. The van der Waals surface area contributed by atoms with E-state index in [4.69, 9.17) is 4.43 Å². The van der Waals surface area contributed by atoms with Gasteiger partial charge in [0.25, 0.3) is 0 Å². The van der Waals surface area contributed by atoms with Crippen molar-refractivity contribution in [2.75, 3.05) is 23.0 Å². The van der Waals surface area contributed by atoms with Crippen LogP contribution >= 0.6 is 47.0 Å². The Morgan fingerprint density at radius 2 is 1.58 bits per heavy atom. The fourth-order valence-corrected chi connectivity index (χ4v) is 10.3. The summed E-state index contributed by atoms with van der Waals surface area (Å²) in [4.78, 5) is 0. The maximum absolute atomic E-state index is 6.96. The van der Waals surface area contributed by atoms with Crippen LogP contribution < -0.4 is 0 Å². The predicted octanol–water partition coefficient (Wildman–Crippen LogP) is 6.94. The first-order valence-corrected chi connectivity index (χ1v) is 16.3. The molecule has 142 valence electrons. The Labute approximate surface area is 168 Å². The largest absolute Gasteiger partial charge is 0.414 e. The monoisotopic (exact) mass is 424 g/mol. The van der Waals surface area contributed by atoms with Crippen LogP contribution in [-0.2, 0) is 4.43 Å². The minimum absolute atomic E-state index is 0.297. The average Bonchev–Trinajstić information content (AvgIpc) is 2.46. The smallest absolute Gasteiger partial charge is 0.192 e. The maximum Gasteiger partial charge on any atom is 0.192 e. The molecular formula is C18H36OS4Si. The van der Waals surface area contributed by atoms with Gasteiger partial charge in [0.1, 0.15) is 0 Å². The molecule has 0 aromatic rings. The molecule has 0 aromatic heterocycles. The molecule has 24 heavy (non-hydrogen) atoms. The Balaban J connectivity index is 2.05. The van der Waals surface area contributed by atoms with Crippen molar-refractivity contribution in [2.24, 2.45) is 0 Å². The zero-order valence-corrected chi connectivity index (χ0v) is 20.6. The summed E-state index contributed by atoms with van der Waals surface area (Å²) in [5.74, 6) is 5.32. The van der Waals surface area contributed by atoms with Crippen molar-refractivity contribution >= 4 is 55.4 Å². The second-order valence-electron chi connectivity index (χ2n) is 8.65. The van der Waals surface area contributed by atoms with E-state index in [9.17, 15) is 0 Å². The summed E-state index contributed by atoms with van der Waals surface area (Å²) in [6.07, 6.45) is 5.62. The maximum atomic E-state index is 6.96. The van der Waals surface area contributed by atoms with Crippen LogP contribution in [0.1, 0.15) is 53.4 Å². The Kier molecular flexibility index (Phi) is 8.37. The zero-order chi connectivity index (χ0) is 17.8. The summed E-state index contributed by atoms with van der Waals surface area (Å²) in [6, 6.07) is 0. The summed E-state index contributed by atoms with van der Waals surface area (Å²) in [6.45, 7) is 14.4. The van der Waals surface area contributed by atoms with Gasteiger partial charge in [-0.3, -0.25) is 0 Å². The van der Waals surface area contributed by atoms with E-state index < -0.39 is 8.32 Å². The highest BCUT2D eigenvalue weighted by atomic mass is 32.2. The lowest BCUT2D eigenvalue weighted by molar-refractivity contribution is 0.164. The third-order valence-electron chi connectivity index (χ3n) is 5.32. The van der Waals surface area contributed by atoms with Gasteiger partial charge in [0.2, 0.25) is 0 Å². The molecule has 0 unspecified atom stereocenters. The summed E-state index contributed by atoms with van der Waals surface area (Å²) in [5, 5.41) is 0.297. The Morgan fingerprint density at radius 3 is 2.12 bits per heavy atom. The van der Waals surface area contributed by atoms with Crippen LogP contribution in [-0.4, -0.2) is 46.1 Å². The topological polar surface area (TPSA) is 9.23 Å². The Hall–Kier alpha value is 1.58. The lowest BCUT2D eigenvalue weighted by Gasteiger charge is -2.43. The van der Waals surface area contributed by atoms with Gasteiger partial charge in [-0.1, -0.05) is 20.8 Å². The molecule has 0 amide bonds. The Morgan fingerprint density at radius 1 is 1.04 bits per heavy atom. The van der Waals surface area contributed by atoms with Crippen LogP contribution in [0.5, 0.6) is 0 Å². The van der Waals surface area contributed by atoms with E-state index in [1.54, 1.807) is 0 Å². The van der Waals surface area contributed by atoms with E-state index in [-0.39, 0.29) is 0 Å². The molecule has 0 saturated carbocycles. The molecule has 6 heteroatoms. The van der Waals surface area contributed by atoms with E-state index in [1.165, 1.54) is 48.7 Å². The van der Waals surface area contributed by atoms with Gasteiger partial charge in [0, 0.05) is 6.10 Å². The van der Waals surface area contributed by atoms with Crippen molar-refractivity contribution in [3.05, 3.63) is 0 Å². The first kappa shape index (κ1) is 21.9. The van der Waals surface area contributed by atoms with E-state index in [0.29, 0.717) is 15.2 Å². The van der Waals surface area contributed by atoms with Gasteiger partial charge in [0.15, 0.2) is 8.32 Å². The van der Waals surface area contributed by atoms with Gasteiger partial charge >= 0.3 is 0 Å². The van der Waals surface area contributed by atoms with Crippen LogP contribution in [0.15, 0.2) is 0 Å². The zero-order valence-electron chi connectivity index (χ0n) is 16.4. The van der Waals surface area contributed by atoms with Gasteiger partial charge < -0.3 is 4.43 Å². The molecule has 0 N–H and O–H groups in total. The average molecular weight is 425 g/mol. The van der Waals surface area contributed by atoms with Crippen molar-refractivity contribution in [3.8, 4) is 0 Å². The fraction of sp³-hybridized carbons (Fsp3) is 1.00. The number of thioether (sulfide) groups is 4. The standard InChI is InChI=1S/C18H36OS4Si/c1-17(2,3)24(5,6)19-15(13-16-20-9-7-10-21-16)14-18(4)22-11-8-12-23-18/h15-16H,7-14H2,1-6H3/t15-/m1/s1. The first-order valence-electron chi connectivity index (χ1n) is 9.30. The van der Waals surface area contributed by atoms with E-state index in [0.717, 1.165) is 4.58 Å². The van der Waals surface area contributed by atoms with Crippen molar-refractivity contribution in [1.29, 1.82) is 0 Å². The Bertz CT molecular complexity index is 385. The molecule has 2 rings (SSSR count). The molecule has 2 saturated heterocycles. The predicted molar refractivity (Wildman–Crippen MR) is 123 cm³/mol. The van der Waals surface area contributed by atoms with E-state index >= 15 is 0 Å². The lowest BCUT2D eigenvalue weighted by atomic mass is 10.1. The van der Waals surface area contributed by atoms with Gasteiger partial charge in [0.05, 0.1) is 8.66 Å². The molecular weight excluding hydrogens is 389 g/mol. The quantitative estimate of drug-likeness (QED) is 0.426. The SMILES string of the molecule is CC1(C[C@@H](CC2SCCCS2)O[Si](C)(C)C(C)(C)C)SCCCS1. The summed E-state index contributed by atoms with van der Waals surface area (Å²) < 4.78 is 8.06. The number of hydrogen-bond donors (Lipinski definition) is 0. The van der Waals surface area contributed by atoms with Crippen LogP contribution in [0.4, 0.5) is 0 Å². The van der Waals surface area contributed by atoms with Crippen LogP contribution in [0, 0.1) is 0 Å². The highest BCUT2D eigenvalue weighted by molar-refractivity contribution is 8.18. The molecule has 0 spiro atoms. The number of rotatable bonds is 6. The summed E-state index contributed by atoms with van der Waals surface area (Å²) >= 11 is 8.69. The fourth-order valence-electron chi connectivity index (χ4n) is 2.86. The molecule has 0 aliphatic carbocycles. The minimum Gasteiger partial charge on any atom is -0.414 e. The molecule has 1 nitrogen and oxygen atoms in total. The normalized spacial score (nSPS) is 24.8. The van der Waals surface area contributed by atoms with Crippen LogP contribution in [0.25, 0.3) is 0 Å². The van der Waals surface area contributed by atoms with Gasteiger partial charge in [-0.2, -0.15) is 0 Å². The molecule has 0 radical (unpaired) electrons. The van der Waals surface area contributed by atoms with Crippen LogP contribution in [0.3, 0.4) is 0 Å². The first-order chi connectivity index (χ1) is 11.1. The van der Waals surface area contributed by atoms with Gasteiger partial charge in [-0.25, -0.2) is 0 Å². The molecule has 2 fully saturated rings. The molecule has 1 atom stereocenters. The summed E-state index contributed by atoms with van der Waals surface area (Å²) in [7, 11) is -1.71. The van der Waals surface area contributed by atoms with Crippen molar-refractivity contribution in [2.45, 2.75) is 86.3 Å². The van der Waals surface area contributed by atoms with E-state index in [1.807, 2.05) is 0 Å². The van der Waals surface area contributed by atoms with Crippen molar-refractivity contribution in [1.82, 2.24) is 0 Å². The molecule has 2 heterocycles. The molecule has 2 aliphatic heterocycles. The van der Waals surface area contributed by atoms with E-state index in [2.05, 4.69) is 87.8 Å². The second kappa shape index (κ2) is 9.18. The lowest BCUT2D eigenvalue weighted by Crippen LogP contribution is -2.46. The van der Waals surface area contributed by atoms with Crippen molar-refractivity contribution in [3.63, 3.8) is 0 Å².